The third-order valence-electron chi connectivity index (χ3n) is 4.61. The van der Waals surface area contributed by atoms with Crippen molar-refractivity contribution in [2.24, 2.45) is 5.92 Å². The quantitative estimate of drug-likeness (QED) is 0.139. The van der Waals surface area contributed by atoms with E-state index >= 15 is 0 Å². The number of imidazole rings is 1. The van der Waals surface area contributed by atoms with Crippen LogP contribution in [0, 0.1) is 5.92 Å². The molecule has 0 saturated carbocycles. The van der Waals surface area contributed by atoms with E-state index in [9.17, 15) is 28.3 Å². The summed E-state index contributed by atoms with van der Waals surface area (Å²) in [5.74, 6) is -0.971. The molecular formula is C13H19ClN5O12P3. The Balaban J connectivity index is 1.83. The van der Waals surface area contributed by atoms with E-state index in [1.807, 2.05) is 0 Å². The van der Waals surface area contributed by atoms with Crippen molar-refractivity contribution < 1.29 is 51.2 Å². The maximum absolute atomic E-state index is 12.1. The molecular weight excluding hydrogens is 547 g/mol. The molecule has 7 N–H and O–H groups in total. The Morgan fingerprint density at radius 2 is 1.97 bits per heavy atom. The molecule has 17 nitrogen and oxygen atoms in total. The van der Waals surface area contributed by atoms with Gasteiger partial charge >= 0.3 is 23.5 Å². The number of hydrogen-bond acceptors (Lipinski definition) is 11. The number of phosphoric ester groups is 1. The zero-order valence-corrected chi connectivity index (χ0v) is 20.4. The topological polar surface area (TPSA) is 259 Å². The SMILES string of the molecule is C=C[C@@H]1[C@@H](COP(=O)(O)OP(=O)(O)OP(=O)(O)O)O[C@@H](n2cnc3c(=O)[nH]c(N)nc32)[C@]1(C)Cl. The lowest BCUT2D eigenvalue weighted by molar-refractivity contribution is -0.0296. The lowest BCUT2D eigenvalue weighted by atomic mass is 9.90. The molecule has 0 amide bonds. The van der Waals surface area contributed by atoms with Gasteiger partial charge in [0.25, 0.3) is 5.56 Å². The molecule has 1 aliphatic heterocycles. The summed E-state index contributed by atoms with van der Waals surface area (Å²) in [5, 5.41) is 0. The minimum atomic E-state index is -5.69. The Morgan fingerprint density at radius 1 is 1.32 bits per heavy atom. The lowest BCUT2D eigenvalue weighted by Gasteiger charge is -2.27. The molecule has 1 fully saturated rings. The van der Waals surface area contributed by atoms with Crippen LogP contribution in [0.15, 0.2) is 23.8 Å². The first-order valence-corrected chi connectivity index (χ1v) is 13.8. The van der Waals surface area contributed by atoms with Gasteiger partial charge in [0.15, 0.2) is 17.4 Å². The normalized spacial score (nSPS) is 29.1. The van der Waals surface area contributed by atoms with E-state index in [1.165, 1.54) is 17.0 Å². The molecule has 2 aromatic rings. The number of rotatable bonds is 9. The Hall–Kier alpha value is -1.45. The van der Waals surface area contributed by atoms with Crippen LogP contribution < -0.4 is 11.3 Å². The van der Waals surface area contributed by atoms with Crippen LogP contribution in [0.2, 0.25) is 0 Å². The average molecular weight is 566 g/mol. The van der Waals surface area contributed by atoms with Gasteiger partial charge in [0.1, 0.15) is 0 Å². The molecule has 0 radical (unpaired) electrons. The summed E-state index contributed by atoms with van der Waals surface area (Å²) < 4.78 is 53.4. The van der Waals surface area contributed by atoms with Gasteiger partial charge in [0.05, 0.1) is 23.9 Å². The largest absolute Gasteiger partial charge is 0.490 e. The summed E-state index contributed by atoms with van der Waals surface area (Å²) in [5.41, 5.74) is 4.96. The third-order valence-corrected chi connectivity index (χ3v) is 8.86. The minimum absolute atomic E-state index is 0.0365. The molecule has 3 heterocycles. The van der Waals surface area contributed by atoms with Crippen LogP contribution in [-0.2, 0) is 31.6 Å². The van der Waals surface area contributed by atoms with Crippen LogP contribution in [0.4, 0.5) is 5.95 Å². The van der Waals surface area contributed by atoms with Gasteiger partial charge < -0.3 is 30.0 Å². The molecule has 34 heavy (non-hydrogen) atoms. The highest BCUT2D eigenvalue weighted by Gasteiger charge is 2.53. The van der Waals surface area contributed by atoms with Crippen molar-refractivity contribution in [2.45, 2.75) is 24.1 Å². The van der Waals surface area contributed by atoms with Crippen molar-refractivity contribution in [3.63, 3.8) is 0 Å². The number of hydrogen-bond donors (Lipinski definition) is 6. The van der Waals surface area contributed by atoms with Crippen LogP contribution in [0.5, 0.6) is 0 Å². The number of nitrogens with two attached hydrogens (primary N) is 1. The van der Waals surface area contributed by atoms with Gasteiger partial charge in [0.2, 0.25) is 5.95 Å². The number of nitrogens with zero attached hydrogens (tertiary/aromatic N) is 3. The third kappa shape index (κ3) is 5.85. The molecule has 1 aliphatic rings. The number of nitrogens with one attached hydrogen (secondary N) is 1. The van der Waals surface area contributed by atoms with E-state index in [2.05, 4.69) is 34.7 Å². The molecule has 1 saturated heterocycles. The van der Waals surface area contributed by atoms with Gasteiger partial charge in [-0.15, -0.1) is 18.2 Å². The van der Waals surface area contributed by atoms with Crippen LogP contribution >= 0.6 is 35.1 Å². The van der Waals surface area contributed by atoms with E-state index in [4.69, 9.17) is 31.9 Å². The average Bonchev–Trinajstić information content (AvgIpc) is 3.14. The summed E-state index contributed by atoms with van der Waals surface area (Å²) in [7, 11) is -16.6. The van der Waals surface area contributed by atoms with Gasteiger partial charge in [-0.05, 0) is 6.92 Å². The van der Waals surface area contributed by atoms with Gasteiger partial charge in [-0.1, -0.05) is 6.08 Å². The minimum Gasteiger partial charge on any atom is -0.369 e. The lowest BCUT2D eigenvalue weighted by Crippen LogP contribution is -2.33. The smallest absolute Gasteiger partial charge is 0.369 e. The summed E-state index contributed by atoms with van der Waals surface area (Å²) >= 11 is 6.70. The molecule has 190 valence electrons. The molecule has 0 aromatic carbocycles. The number of H-pyrrole nitrogens is 1. The van der Waals surface area contributed by atoms with Crippen LogP contribution in [0.25, 0.3) is 11.2 Å². The fraction of sp³-hybridized carbons (Fsp3) is 0.462. The van der Waals surface area contributed by atoms with E-state index in [0.29, 0.717) is 0 Å². The van der Waals surface area contributed by atoms with Gasteiger partial charge in [-0.2, -0.15) is 13.6 Å². The summed E-state index contributed by atoms with van der Waals surface area (Å²) in [6.07, 6.45) is 0.408. The van der Waals surface area contributed by atoms with Crippen LogP contribution in [0.1, 0.15) is 13.2 Å². The Labute approximate surface area is 194 Å². The number of ether oxygens (including phenoxy) is 1. The molecule has 0 bridgehead atoms. The molecule has 0 spiro atoms. The number of anilines is 1. The van der Waals surface area contributed by atoms with E-state index in [1.54, 1.807) is 6.92 Å². The monoisotopic (exact) mass is 565 g/mol. The maximum atomic E-state index is 12.1. The van der Waals surface area contributed by atoms with Crippen molar-refractivity contribution >= 4 is 52.2 Å². The Bertz CT molecular complexity index is 1310. The number of phosphoric acid groups is 3. The Morgan fingerprint density at radius 3 is 2.56 bits per heavy atom. The fourth-order valence-corrected chi connectivity index (χ4v) is 6.78. The first kappa shape index (κ1) is 27.1. The second kappa shape index (κ2) is 9.21. The number of aromatic amines is 1. The second-order valence-corrected chi connectivity index (χ2v) is 12.3. The number of fused-ring (bicyclic) bond motifs is 1. The van der Waals surface area contributed by atoms with Crippen LogP contribution in [0.3, 0.4) is 0 Å². The highest BCUT2D eigenvalue weighted by molar-refractivity contribution is 7.66. The molecule has 2 aromatic heterocycles. The van der Waals surface area contributed by atoms with E-state index in [-0.39, 0.29) is 17.1 Å². The molecule has 2 unspecified atom stereocenters. The molecule has 21 heteroatoms. The molecule has 6 atom stereocenters. The zero-order chi connectivity index (χ0) is 25.7. The van der Waals surface area contributed by atoms with Gasteiger partial charge in [-0.3, -0.25) is 18.9 Å². The van der Waals surface area contributed by atoms with E-state index in [0.717, 1.165) is 0 Å². The first-order valence-electron chi connectivity index (χ1n) is 8.93. The van der Waals surface area contributed by atoms with Crippen LogP contribution in [-0.4, -0.2) is 56.7 Å². The predicted molar refractivity (Wildman–Crippen MR) is 114 cm³/mol. The Kier molecular flexibility index (Phi) is 7.35. The highest BCUT2D eigenvalue weighted by Crippen LogP contribution is 2.66. The number of alkyl halides is 1. The van der Waals surface area contributed by atoms with Crippen molar-refractivity contribution in [3.05, 3.63) is 29.3 Å². The van der Waals surface area contributed by atoms with Crippen molar-refractivity contribution in [1.29, 1.82) is 0 Å². The fourth-order valence-electron chi connectivity index (χ4n) is 3.36. The number of halogens is 1. The van der Waals surface area contributed by atoms with Gasteiger partial charge in [-0.25, -0.2) is 18.7 Å². The highest BCUT2D eigenvalue weighted by atomic mass is 35.5. The zero-order valence-electron chi connectivity index (χ0n) is 17.0. The molecule has 3 rings (SSSR count). The second-order valence-electron chi connectivity index (χ2n) is 7.10. The van der Waals surface area contributed by atoms with Gasteiger partial charge in [0, 0.05) is 5.92 Å². The standard InChI is InChI=1S/C13H19ClN5O12P3/c1-3-6-7(4-28-33(24,25)31-34(26,27)30-32(21,22)23)29-11(13(6,2)14)19-5-16-8-9(19)17-12(15)18-10(8)20/h3,5-7,11H,1,4H2,2H3,(H,24,25)(H,26,27)(H2,21,22,23)(H3,15,17,18,20)/t6-,7-,11-,13-/m1/s1. The summed E-state index contributed by atoms with van der Waals surface area (Å²) in [6, 6.07) is 0. The van der Waals surface area contributed by atoms with Crippen molar-refractivity contribution in [2.75, 3.05) is 12.3 Å². The predicted octanol–water partition coefficient (Wildman–Crippen LogP) is 0.742. The summed E-state index contributed by atoms with van der Waals surface area (Å²) in [4.78, 5) is 57.1. The number of nitrogen functional groups attached to an aromatic ring is 1. The van der Waals surface area contributed by atoms with E-state index < -0.39 is 58.8 Å². The van der Waals surface area contributed by atoms with Crippen molar-refractivity contribution in [1.82, 2.24) is 19.5 Å². The number of aromatic nitrogens is 4. The maximum Gasteiger partial charge on any atom is 0.490 e. The summed E-state index contributed by atoms with van der Waals surface area (Å²) in [6.45, 7) is 4.43. The first-order chi connectivity index (χ1) is 15.5. The molecule has 0 aliphatic carbocycles. The van der Waals surface area contributed by atoms with Crippen molar-refractivity contribution in [3.8, 4) is 0 Å².